The molecule has 8 heteroatoms. The van der Waals surface area contributed by atoms with E-state index in [1.165, 1.54) is 19.3 Å². The van der Waals surface area contributed by atoms with Crippen LogP contribution in [-0.4, -0.2) is 21.8 Å². The van der Waals surface area contributed by atoms with Gasteiger partial charge in [-0.15, -0.1) is 0 Å². The van der Waals surface area contributed by atoms with Crippen LogP contribution in [0.4, 0.5) is 28.7 Å². The maximum atomic E-state index is 12.6. The predicted octanol–water partition coefficient (Wildman–Crippen LogP) is 3.32. The highest BCUT2D eigenvalue weighted by Crippen LogP contribution is 2.19. The van der Waals surface area contributed by atoms with Crippen LogP contribution >= 0.6 is 0 Å². The summed E-state index contributed by atoms with van der Waals surface area (Å²) in [5, 5.41) is 8.46. The van der Waals surface area contributed by atoms with Gasteiger partial charge in [0.15, 0.2) is 0 Å². The van der Waals surface area contributed by atoms with Crippen LogP contribution in [0.1, 0.15) is 22.8 Å². The first-order valence-electron chi connectivity index (χ1n) is 8.55. The molecular weight excluding hydrogens is 356 g/mol. The molecule has 28 heavy (non-hydrogen) atoms. The number of carbonyl (C=O) groups is 2. The molecule has 2 aromatic carbocycles. The highest BCUT2D eigenvalue weighted by atomic mass is 16.2. The summed E-state index contributed by atoms with van der Waals surface area (Å²) < 4.78 is 0. The summed E-state index contributed by atoms with van der Waals surface area (Å²) in [6.07, 6.45) is 3.01. The number of aryl methyl sites for hydroxylation is 1. The van der Waals surface area contributed by atoms with E-state index >= 15 is 0 Å². The average Bonchev–Trinajstić information content (AvgIpc) is 2.64. The van der Waals surface area contributed by atoms with Crippen LogP contribution in [0.15, 0.2) is 54.9 Å². The molecule has 1 aromatic heterocycles. The molecule has 142 valence electrons. The minimum atomic E-state index is -0.315. The van der Waals surface area contributed by atoms with Crippen molar-refractivity contribution in [1.82, 2.24) is 9.97 Å². The summed E-state index contributed by atoms with van der Waals surface area (Å²) in [5.41, 5.74) is 9.39. The Labute approximate surface area is 162 Å². The molecule has 0 saturated heterocycles. The molecule has 0 aliphatic heterocycles. The Morgan fingerprint density at radius 2 is 1.68 bits per heavy atom. The predicted molar refractivity (Wildman–Crippen MR) is 110 cm³/mol. The van der Waals surface area contributed by atoms with Gasteiger partial charge >= 0.3 is 0 Å². The fraction of sp³-hybridized carbons (Fsp3) is 0.100. The lowest BCUT2D eigenvalue weighted by molar-refractivity contribution is -0.114. The number of amides is 2. The molecule has 3 rings (SSSR count). The molecule has 0 aliphatic carbocycles. The lowest BCUT2D eigenvalue weighted by Crippen LogP contribution is -2.15. The van der Waals surface area contributed by atoms with Crippen molar-refractivity contribution in [2.24, 2.45) is 0 Å². The van der Waals surface area contributed by atoms with Crippen molar-refractivity contribution in [3.8, 4) is 0 Å². The third-order valence-corrected chi connectivity index (χ3v) is 3.86. The fourth-order valence-corrected chi connectivity index (χ4v) is 2.55. The average molecular weight is 376 g/mol. The summed E-state index contributed by atoms with van der Waals surface area (Å²) >= 11 is 0. The number of nitrogens with one attached hydrogen (secondary N) is 3. The fourth-order valence-electron chi connectivity index (χ4n) is 2.55. The number of nitrogen functional groups attached to an aromatic ring is 1. The summed E-state index contributed by atoms with van der Waals surface area (Å²) in [5.74, 6) is -0.135. The van der Waals surface area contributed by atoms with Gasteiger partial charge in [-0.2, -0.15) is 0 Å². The number of rotatable bonds is 5. The van der Waals surface area contributed by atoms with Gasteiger partial charge in [-0.05, 0) is 42.8 Å². The van der Waals surface area contributed by atoms with E-state index in [1.54, 1.807) is 30.3 Å². The Hall–Kier alpha value is -3.94. The number of anilines is 5. The van der Waals surface area contributed by atoms with Gasteiger partial charge in [0.05, 0.1) is 18.1 Å². The topological polar surface area (TPSA) is 122 Å². The second-order valence-electron chi connectivity index (χ2n) is 6.21. The van der Waals surface area contributed by atoms with Crippen LogP contribution in [0.3, 0.4) is 0 Å². The highest BCUT2D eigenvalue weighted by Gasteiger charge is 2.11. The second kappa shape index (κ2) is 8.17. The van der Waals surface area contributed by atoms with Crippen LogP contribution in [-0.2, 0) is 4.79 Å². The second-order valence-corrected chi connectivity index (χ2v) is 6.21. The van der Waals surface area contributed by atoms with E-state index in [0.29, 0.717) is 28.6 Å². The Kier molecular flexibility index (Phi) is 5.50. The van der Waals surface area contributed by atoms with Crippen molar-refractivity contribution in [2.75, 3.05) is 21.7 Å². The zero-order chi connectivity index (χ0) is 20.1. The molecule has 1 heterocycles. The van der Waals surface area contributed by atoms with E-state index in [-0.39, 0.29) is 11.8 Å². The van der Waals surface area contributed by atoms with E-state index in [0.717, 1.165) is 11.3 Å². The maximum Gasteiger partial charge on any atom is 0.256 e. The van der Waals surface area contributed by atoms with E-state index in [4.69, 9.17) is 5.73 Å². The highest BCUT2D eigenvalue weighted by molar-refractivity contribution is 6.06. The van der Waals surface area contributed by atoms with Gasteiger partial charge < -0.3 is 21.7 Å². The Bertz CT molecular complexity index is 1020. The number of hydrogen-bond donors (Lipinski definition) is 4. The molecule has 0 unspecified atom stereocenters. The van der Waals surface area contributed by atoms with Gasteiger partial charge in [0.2, 0.25) is 11.9 Å². The molecule has 0 aliphatic rings. The van der Waals surface area contributed by atoms with Gasteiger partial charge in [-0.1, -0.05) is 12.1 Å². The first-order valence-corrected chi connectivity index (χ1v) is 8.55. The summed E-state index contributed by atoms with van der Waals surface area (Å²) in [6.45, 7) is 3.23. The molecular formula is C20H20N6O2. The van der Waals surface area contributed by atoms with Crippen molar-refractivity contribution in [3.63, 3.8) is 0 Å². The maximum absolute atomic E-state index is 12.6. The van der Waals surface area contributed by atoms with Crippen molar-refractivity contribution in [2.45, 2.75) is 13.8 Å². The molecule has 0 bridgehead atoms. The molecule has 5 N–H and O–H groups in total. The van der Waals surface area contributed by atoms with Gasteiger partial charge in [0.25, 0.3) is 5.91 Å². The first kappa shape index (κ1) is 18.8. The summed E-state index contributed by atoms with van der Waals surface area (Å²) in [7, 11) is 0. The molecule has 0 saturated carbocycles. The molecule has 0 atom stereocenters. The summed E-state index contributed by atoms with van der Waals surface area (Å²) in [6, 6.07) is 12.4. The molecule has 3 aromatic rings. The summed E-state index contributed by atoms with van der Waals surface area (Å²) in [4.78, 5) is 32.2. The standard InChI is InChI=1S/C20H20N6O2/c1-12-6-7-16(24-13(2)27)9-18(12)19(28)25-17-10-22-20(23-11-17)26-15-5-3-4-14(21)8-15/h3-11H,21H2,1-2H3,(H,24,27)(H,25,28)(H,22,23,26). The first-order chi connectivity index (χ1) is 13.4. The van der Waals surface area contributed by atoms with Gasteiger partial charge in [-0.3, -0.25) is 9.59 Å². The minimum Gasteiger partial charge on any atom is -0.399 e. The van der Waals surface area contributed by atoms with Crippen molar-refractivity contribution < 1.29 is 9.59 Å². The van der Waals surface area contributed by atoms with Crippen LogP contribution in [0.2, 0.25) is 0 Å². The quantitative estimate of drug-likeness (QED) is 0.507. The minimum absolute atomic E-state index is 0.202. The molecule has 2 amide bonds. The van der Waals surface area contributed by atoms with Gasteiger partial charge in [-0.25, -0.2) is 9.97 Å². The third-order valence-electron chi connectivity index (χ3n) is 3.86. The lowest BCUT2D eigenvalue weighted by atomic mass is 10.1. The van der Waals surface area contributed by atoms with Crippen LogP contribution in [0.25, 0.3) is 0 Å². The number of carbonyl (C=O) groups excluding carboxylic acids is 2. The number of nitrogens with zero attached hydrogens (tertiary/aromatic N) is 2. The number of nitrogens with two attached hydrogens (primary N) is 1. The normalized spacial score (nSPS) is 10.2. The van der Waals surface area contributed by atoms with Gasteiger partial charge in [0, 0.05) is 29.5 Å². The van der Waals surface area contributed by atoms with E-state index < -0.39 is 0 Å². The Morgan fingerprint density at radius 1 is 0.929 bits per heavy atom. The SMILES string of the molecule is CC(=O)Nc1ccc(C)c(C(=O)Nc2cnc(Nc3cccc(N)c3)nc2)c1. The van der Waals surface area contributed by atoms with E-state index in [1.807, 2.05) is 19.1 Å². The van der Waals surface area contributed by atoms with E-state index in [2.05, 4.69) is 25.9 Å². The van der Waals surface area contributed by atoms with Crippen LogP contribution < -0.4 is 21.7 Å². The number of benzene rings is 2. The molecule has 0 spiro atoms. The molecule has 0 radical (unpaired) electrons. The zero-order valence-electron chi connectivity index (χ0n) is 15.5. The smallest absolute Gasteiger partial charge is 0.256 e. The van der Waals surface area contributed by atoms with Crippen LogP contribution in [0, 0.1) is 6.92 Å². The Morgan fingerprint density at radius 3 is 2.36 bits per heavy atom. The van der Waals surface area contributed by atoms with Crippen LogP contribution in [0.5, 0.6) is 0 Å². The lowest BCUT2D eigenvalue weighted by Gasteiger charge is -2.10. The monoisotopic (exact) mass is 376 g/mol. The Balaban J connectivity index is 1.70. The number of aromatic nitrogens is 2. The van der Waals surface area contributed by atoms with Gasteiger partial charge in [0.1, 0.15) is 0 Å². The largest absolute Gasteiger partial charge is 0.399 e. The zero-order valence-corrected chi connectivity index (χ0v) is 15.5. The van der Waals surface area contributed by atoms with E-state index in [9.17, 15) is 9.59 Å². The number of hydrogen-bond acceptors (Lipinski definition) is 6. The molecule has 0 fully saturated rings. The third kappa shape index (κ3) is 4.82. The van der Waals surface area contributed by atoms with Crippen molar-refractivity contribution in [3.05, 3.63) is 66.0 Å². The van der Waals surface area contributed by atoms with Crippen molar-refractivity contribution >= 4 is 40.5 Å². The molecule has 8 nitrogen and oxygen atoms in total. The van der Waals surface area contributed by atoms with Crippen molar-refractivity contribution in [1.29, 1.82) is 0 Å².